The van der Waals surface area contributed by atoms with Crippen molar-refractivity contribution < 1.29 is 23.0 Å². The zero-order valence-corrected chi connectivity index (χ0v) is 11.4. The van der Waals surface area contributed by atoms with Gasteiger partial charge in [0.25, 0.3) is 0 Å². The fourth-order valence-electron chi connectivity index (χ4n) is 1.91. The van der Waals surface area contributed by atoms with E-state index in [1.807, 2.05) is 0 Å². The summed E-state index contributed by atoms with van der Waals surface area (Å²) >= 11 is 0. The van der Waals surface area contributed by atoms with E-state index in [1.54, 1.807) is 6.07 Å². The van der Waals surface area contributed by atoms with E-state index in [0.717, 1.165) is 12.1 Å². The Labute approximate surface area is 120 Å². The van der Waals surface area contributed by atoms with Gasteiger partial charge in [-0.2, -0.15) is 0 Å². The highest BCUT2D eigenvalue weighted by atomic mass is 19.1. The molecule has 2 rings (SSSR count). The van der Waals surface area contributed by atoms with Gasteiger partial charge in [-0.25, -0.2) is 8.78 Å². The van der Waals surface area contributed by atoms with Gasteiger partial charge < -0.3 is 15.2 Å². The standard InChI is InChI=1S/C15H13F2NO3/c1-20-9-3-4-13(21-2)10(7-9)15(19)11-5-8(16)6-12(18)14(11)17/h3-7H,18H2,1-2H3. The molecule has 0 fully saturated rings. The van der Waals surface area contributed by atoms with E-state index in [1.165, 1.54) is 26.4 Å². The number of anilines is 1. The van der Waals surface area contributed by atoms with Crippen LogP contribution in [0.1, 0.15) is 15.9 Å². The molecule has 0 aliphatic carbocycles. The summed E-state index contributed by atoms with van der Waals surface area (Å²) in [6.07, 6.45) is 0. The predicted molar refractivity (Wildman–Crippen MR) is 73.7 cm³/mol. The van der Waals surface area contributed by atoms with Crippen LogP contribution in [-0.4, -0.2) is 20.0 Å². The van der Waals surface area contributed by atoms with Gasteiger partial charge in [0.05, 0.1) is 31.0 Å². The molecule has 0 saturated heterocycles. The molecule has 0 bridgehead atoms. The molecule has 4 nitrogen and oxygen atoms in total. The number of nitrogen functional groups attached to an aromatic ring is 1. The Morgan fingerprint density at radius 1 is 1.05 bits per heavy atom. The van der Waals surface area contributed by atoms with E-state index in [4.69, 9.17) is 15.2 Å². The number of hydrogen-bond donors (Lipinski definition) is 1. The summed E-state index contributed by atoms with van der Waals surface area (Å²) in [6.45, 7) is 0. The van der Waals surface area contributed by atoms with Crippen molar-refractivity contribution in [3.63, 3.8) is 0 Å². The summed E-state index contributed by atoms with van der Waals surface area (Å²) < 4.78 is 37.4. The molecule has 2 N–H and O–H groups in total. The van der Waals surface area contributed by atoms with Crippen LogP contribution in [0.15, 0.2) is 30.3 Å². The van der Waals surface area contributed by atoms with Gasteiger partial charge in [-0.1, -0.05) is 0 Å². The van der Waals surface area contributed by atoms with E-state index in [-0.39, 0.29) is 11.3 Å². The van der Waals surface area contributed by atoms with Gasteiger partial charge in [-0.15, -0.1) is 0 Å². The normalized spacial score (nSPS) is 10.3. The summed E-state index contributed by atoms with van der Waals surface area (Å²) in [7, 11) is 2.80. The molecule has 0 amide bonds. The van der Waals surface area contributed by atoms with Crippen molar-refractivity contribution in [3.05, 3.63) is 53.1 Å². The van der Waals surface area contributed by atoms with Crippen molar-refractivity contribution in [2.24, 2.45) is 0 Å². The van der Waals surface area contributed by atoms with Gasteiger partial charge in [-0.3, -0.25) is 4.79 Å². The third-order valence-electron chi connectivity index (χ3n) is 2.96. The van der Waals surface area contributed by atoms with E-state index in [0.29, 0.717) is 5.75 Å². The maximum absolute atomic E-state index is 14.0. The SMILES string of the molecule is COc1ccc(OC)c(C(=O)c2cc(F)cc(N)c2F)c1. The van der Waals surface area contributed by atoms with Gasteiger partial charge in [0.2, 0.25) is 0 Å². The van der Waals surface area contributed by atoms with Gasteiger partial charge in [0.1, 0.15) is 17.3 Å². The molecular weight excluding hydrogens is 280 g/mol. The van der Waals surface area contributed by atoms with E-state index in [2.05, 4.69) is 0 Å². The summed E-state index contributed by atoms with van der Waals surface area (Å²) in [5.74, 6) is -1.88. The van der Waals surface area contributed by atoms with E-state index < -0.39 is 28.7 Å². The number of ether oxygens (including phenoxy) is 2. The highest BCUT2D eigenvalue weighted by molar-refractivity contribution is 6.11. The van der Waals surface area contributed by atoms with Crippen molar-refractivity contribution in [2.75, 3.05) is 20.0 Å². The lowest BCUT2D eigenvalue weighted by Crippen LogP contribution is -2.09. The fraction of sp³-hybridized carbons (Fsp3) is 0.133. The number of nitrogens with two attached hydrogens (primary N) is 1. The Bertz CT molecular complexity index is 702. The first-order valence-corrected chi connectivity index (χ1v) is 5.99. The van der Waals surface area contributed by atoms with Crippen LogP contribution in [0.25, 0.3) is 0 Å². The molecule has 0 spiro atoms. The molecule has 21 heavy (non-hydrogen) atoms. The van der Waals surface area contributed by atoms with Crippen LogP contribution in [-0.2, 0) is 0 Å². The molecule has 110 valence electrons. The highest BCUT2D eigenvalue weighted by Crippen LogP contribution is 2.28. The number of methoxy groups -OCH3 is 2. The lowest BCUT2D eigenvalue weighted by Gasteiger charge is -2.11. The first-order valence-electron chi connectivity index (χ1n) is 5.99. The Morgan fingerprint density at radius 2 is 1.76 bits per heavy atom. The van der Waals surface area contributed by atoms with Crippen LogP contribution < -0.4 is 15.2 Å². The smallest absolute Gasteiger partial charge is 0.200 e. The van der Waals surface area contributed by atoms with E-state index >= 15 is 0 Å². The Hall–Kier alpha value is -2.63. The second-order valence-electron chi connectivity index (χ2n) is 4.25. The molecule has 0 aliphatic heterocycles. The average molecular weight is 293 g/mol. The average Bonchev–Trinajstić information content (AvgIpc) is 2.49. The van der Waals surface area contributed by atoms with Crippen LogP contribution in [0.4, 0.5) is 14.5 Å². The molecular formula is C15H13F2NO3. The lowest BCUT2D eigenvalue weighted by atomic mass is 10.0. The minimum Gasteiger partial charge on any atom is -0.497 e. The number of rotatable bonds is 4. The molecule has 2 aromatic carbocycles. The second kappa shape index (κ2) is 5.78. The van der Waals surface area contributed by atoms with Crippen molar-refractivity contribution in [2.45, 2.75) is 0 Å². The maximum atomic E-state index is 14.0. The summed E-state index contributed by atoms with van der Waals surface area (Å²) in [6, 6.07) is 6.10. The lowest BCUT2D eigenvalue weighted by molar-refractivity contribution is 0.103. The minimum atomic E-state index is -0.966. The van der Waals surface area contributed by atoms with Crippen molar-refractivity contribution in [3.8, 4) is 11.5 Å². The monoisotopic (exact) mass is 293 g/mol. The topological polar surface area (TPSA) is 61.5 Å². The van der Waals surface area contributed by atoms with Crippen molar-refractivity contribution >= 4 is 11.5 Å². The number of benzene rings is 2. The fourth-order valence-corrected chi connectivity index (χ4v) is 1.91. The van der Waals surface area contributed by atoms with Gasteiger partial charge in [0, 0.05) is 0 Å². The number of carbonyl (C=O) groups excluding carboxylic acids is 1. The molecule has 0 heterocycles. The van der Waals surface area contributed by atoms with Crippen LogP contribution in [0.3, 0.4) is 0 Å². The Morgan fingerprint density at radius 3 is 2.38 bits per heavy atom. The van der Waals surface area contributed by atoms with Crippen LogP contribution in [0, 0.1) is 11.6 Å². The minimum absolute atomic E-state index is 0.0563. The Kier molecular flexibility index (Phi) is 4.07. The molecule has 0 unspecified atom stereocenters. The summed E-state index contributed by atoms with van der Waals surface area (Å²) in [5.41, 5.74) is 4.51. The van der Waals surface area contributed by atoms with Gasteiger partial charge >= 0.3 is 0 Å². The van der Waals surface area contributed by atoms with Gasteiger partial charge in [-0.05, 0) is 30.3 Å². The van der Waals surface area contributed by atoms with Crippen LogP contribution >= 0.6 is 0 Å². The summed E-state index contributed by atoms with van der Waals surface area (Å²) in [5, 5.41) is 0. The predicted octanol–water partition coefficient (Wildman–Crippen LogP) is 2.80. The van der Waals surface area contributed by atoms with Crippen LogP contribution in [0.2, 0.25) is 0 Å². The first kappa shape index (κ1) is 14.8. The highest BCUT2D eigenvalue weighted by Gasteiger charge is 2.21. The second-order valence-corrected chi connectivity index (χ2v) is 4.25. The molecule has 2 aromatic rings. The molecule has 0 aromatic heterocycles. The Balaban J connectivity index is 2.59. The molecule has 0 aliphatic rings. The van der Waals surface area contributed by atoms with Crippen molar-refractivity contribution in [1.82, 2.24) is 0 Å². The first-order chi connectivity index (χ1) is 9.97. The maximum Gasteiger partial charge on any atom is 0.200 e. The number of halogens is 2. The third kappa shape index (κ3) is 2.79. The number of hydrogen-bond acceptors (Lipinski definition) is 4. The quantitative estimate of drug-likeness (QED) is 0.695. The third-order valence-corrected chi connectivity index (χ3v) is 2.96. The molecule has 0 saturated carbocycles. The summed E-state index contributed by atoms with van der Waals surface area (Å²) in [4.78, 5) is 12.4. The van der Waals surface area contributed by atoms with E-state index in [9.17, 15) is 13.6 Å². The largest absolute Gasteiger partial charge is 0.497 e. The molecule has 6 heteroatoms. The number of ketones is 1. The van der Waals surface area contributed by atoms with Crippen molar-refractivity contribution in [1.29, 1.82) is 0 Å². The number of carbonyl (C=O) groups is 1. The zero-order valence-electron chi connectivity index (χ0n) is 11.4. The zero-order chi connectivity index (χ0) is 15.6. The molecule has 0 radical (unpaired) electrons. The molecule has 0 atom stereocenters. The van der Waals surface area contributed by atoms with Crippen LogP contribution in [0.5, 0.6) is 11.5 Å². The van der Waals surface area contributed by atoms with Gasteiger partial charge in [0.15, 0.2) is 11.6 Å².